The molecule has 9 nitrogen and oxygen atoms in total. The molecule has 12 heteroatoms. The van der Waals surface area contributed by atoms with Gasteiger partial charge in [0.25, 0.3) is 26.0 Å². The summed E-state index contributed by atoms with van der Waals surface area (Å²) in [6.07, 6.45) is 3.70. The zero-order valence-electron chi connectivity index (χ0n) is 21.0. The zero-order chi connectivity index (χ0) is 27.3. The molecule has 0 radical (unpaired) electrons. The van der Waals surface area contributed by atoms with E-state index in [4.69, 9.17) is 4.74 Å². The van der Waals surface area contributed by atoms with Gasteiger partial charge in [-0.2, -0.15) is 0 Å². The van der Waals surface area contributed by atoms with Crippen LogP contribution in [0.4, 0.5) is 11.4 Å². The van der Waals surface area contributed by atoms with Gasteiger partial charge in [0.1, 0.15) is 5.75 Å². The van der Waals surface area contributed by atoms with Gasteiger partial charge in [0, 0.05) is 29.4 Å². The molecule has 0 bridgehead atoms. The van der Waals surface area contributed by atoms with Crippen LogP contribution in [0.3, 0.4) is 0 Å². The van der Waals surface area contributed by atoms with Crippen LogP contribution in [0.25, 0.3) is 0 Å². The molecule has 0 atom stereocenters. The van der Waals surface area contributed by atoms with E-state index in [1.807, 2.05) is 13.2 Å². The van der Waals surface area contributed by atoms with E-state index in [9.17, 15) is 21.6 Å². The summed E-state index contributed by atoms with van der Waals surface area (Å²) in [5.41, 5.74) is 0.904. The van der Waals surface area contributed by atoms with Gasteiger partial charge >= 0.3 is 0 Å². The van der Waals surface area contributed by atoms with Gasteiger partial charge in [-0.05, 0) is 92.8 Å². The fourth-order valence-corrected chi connectivity index (χ4v) is 6.74. The summed E-state index contributed by atoms with van der Waals surface area (Å²) < 4.78 is 62.1. The number of thioether (sulfide) groups is 1. The van der Waals surface area contributed by atoms with E-state index in [1.54, 1.807) is 35.2 Å². The third-order valence-electron chi connectivity index (χ3n) is 5.94. The van der Waals surface area contributed by atoms with Gasteiger partial charge in [-0.1, -0.05) is 0 Å². The number of nitrogens with one attached hydrogen (secondary N) is 2. The minimum absolute atomic E-state index is 0.0304. The van der Waals surface area contributed by atoms with Crippen molar-refractivity contribution in [2.75, 3.05) is 35.4 Å². The van der Waals surface area contributed by atoms with Gasteiger partial charge in [0.2, 0.25) is 0 Å². The Balaban J connectivity index is 1.50. The van der Waals surface area contributed by atoms with Crippen molar-refractivity contribution in [1.82, 2.24) is 4.90 Å². The van der Waals surface area contributed by atoms with E-state index >= 15 is 0 Å². The van der Waals surface area contributed by atoms with Gasteiger partial charge in [-0.25, -0.2) is 16.8 Å². The van der Waals surface area contributed by atoms with E-state index in [0.717, 1.165) is 12.8 Å². The van der Waals surface area contributed by atoms with Crippen LogP contribution >= 0.6 is 11.8 Å². The molecule has 3 aromatic rings. The van der Waals surface area contributed by atoms with Crippen molar-refractivity contribution in [3.8, 4) is 5.75 Å². The molecule has 202 valence electrons. The molecule has 1 fully saturated rings. The lowest BCUT2D eigenvalue weighted by Crippen LogP contribution is -2.28. The molecule has 1 heterocycles. The first-order chi connectivity index (χ1) is 18.1. The molecular weight excluding hydrogens is 547 g/mol. The highest BCUT2D eigenvalue weighted by Crippen LogP contribution is 2.28. The van der Waals surface area contributed by atoms with E-state index in [1.165, 1.54) is 48.2 Å². The van der Waals surface area contributed by atoms with Gasteiger partial charge in [0.15, 0.2) is 0 Å². The number of sulfonamides is 2. The normalized spacial score (nSPS) is 13.8. The van der Waals surface area contributed by atoms with Crippen molar-refractivity contribution in [3.05, 3.63) is 72.3 Å². The fraction of sp³-hybridized carbons (Fsp3) is 0.269. The number of anilines is 2. The lowest BCUT2D eigenvalue weighted by Gasteiger charge is -2.18. The number of ether oxygens (including phenoxy) is 1. The number of hydrogen-bond acceptors (Lipinski definition) is 7. The first-order valence-corrected chi connectivity index (χ1v) is 16.2. The second kappa shape index (κ2) is 11.7. The van der Waals surface area contributed by atoms with E-state index < -0.39 is 20.0 Å². The monoisotopic (exact) mass is 575 g/mol. The van der Waals surface area contributed by atoms with Gasteiger partial charge < -0.3 is 9.64 Å². The Morgan fingerprint density at radius 2 is 1.37 bits per heavy atom. The van der Waals surface area contributed by atoms with Crippen molar-refractivity contribution in [3.63, 3.8) is 0 Å². The predicted octanol–water partition coefficient (Wildman–Crippen LogP) is 4.64. The summed E-state index contributed by atoms with van der Waals surface area (Å²) in [6, 6.07) is 16.4. The summed E-state index contributed by atoms with van der Waals surface area (Å²) >= 11 is 1.38. The highest BCUT2D eigenvalue weighted by molar-refractivity contribution is 7.98. The molecule has 4 rings (SSSR count). The Kier molecular flexibility index (Phi) is 8.54. The zero-order valence-corrected chi connectivity index (χ0v) is 23.5. The summed E-state index contributed by atoms with van der Waals surface area (Å²) in [5, 5.41) is 0. The Morgan fingerprint density at radius 1 is 0.842 bits per heavy atom. The third-order valence-corrected chi connectivity index (χ3v) is 9.51. The number of likely N-dealkylation sites (tertiary alicyclic amines) is 1. The summed E-state index contributed by atoms with van der Waals surface area (Å²) in [5.74, 6) is 0.446. The summed E-state index contributed by atoms with van der Waals surface area (Å²) in [6.45, 7) is 3.67. The van der Waals surface area contributed by atoms with Crippen molar-refractivity contribution in [1.29, 1.82) is 0 Å². The molecule has 0 saturated carbocycles. The minimum Gasteiger partial charge on any atom is -0.494 e. The predicted molar refractivity (Wildman–Crippen MR) is 149 cm³/mol. The smallest absolute Gasteiger partial charge is 0.261 e. The first-order valence-electron chi connectivity index (χ1n) is 12.0. The number of carbonyl (C=O) groups is 1. The van der Waals surface area contributed by atoms with Crippen molar-refractivity contribution in [2.45, 2.75) is 34.5 Å². The lowest BCUT2D eigenvalue weighted by molar-refractivity contribution is 0.0789. The molecule has 3 aromatic carbocycles. The standard InChI is InChI=1S/C26H29N3O6S3/c1-3-35-21-10-6-19(7-11-21)27-37(31,32)22-12-8-20(9-13-22)28-38(33,34)23-14-15-25(36-2)24(18-23)26(30)29-16-4-5-17-29/h6-15,18,27-28H,3-5,16-17H2,1-2H3. The number of carbonyl (C=O) groups excluding carboxylic acids is 1. The van der Waals surface area contributed by atoms with Gasteiger partial charge in [-0.3, -0.25) is 14.2 Å². The maximum absolute atomic E-state index is 13.1. The van der Waals surface area contributed by atoms with Crippen LogP contribution in [0.5, 0.6) is 5.75 Å². The van der Waals surface area contributed by atoms with Crippen LogP contribution in [-0.2, 0) is 20.0 Å². The largest absolute Gasteiger partial charge is 0.494 e. The highest BCUT2D eigenvalue weighted by Gasteiger charge is 2.25. The molecule has 0 aliphatic carbocycles. The topological polar surface area (TPSA) is 122 Å². The fourth-order valence-electron chi connectivity index (χ4n) is 4.03. The molecule has 2 N–H and O–H groups in total. The SMILES string of the molecule is CCOc1ccc(NS(=O)(=O)c2ccc(NS(=O)(=O)c3ccc(SC)c(C(=O)N4CCCC4)c3)cc2)cc1. The number of nitrogens with zero attached hydrogens (tertiary/aromatic N) is 1. The number of benzene rings is 3. The second-order valence-electron chi connectivity index (χ2n) is 8.55. The van der Waals surface area contributed by atoms with Crippen LogP contribution in [0.15, 0.2) is 81.4 Å². The molecular formula is C26H29N3O6S3. The molecule has 1 aliphatic heterocycles. The molecule has 0 unspecified atom stereocenters. The minimum atomic E-state index is -4.03. The van der Waals surface area contributed by atoms with Crippen LogP contribution in [0.2, 0.25) is 0 Å². The second-order valence-corrected chi connectivity index (χ2v) is 12.8. The first kappa shape index (κ1) is 27.8. The van der Waals surface area contributed by atoms with Crippen LogP contribution in [0, 0.1) is 0 Å². The van der Waals surface area contributed by atoms with Crippen LogP contribution < -0.4 is 14.2 Å². The Morgan fingerprint density at radius 3 is 1.92 bits per heavy atom. The summed E-state index contributed by atoms with van der Waals surface area (Å²) in [7, 11) is -7.93. The van der Waals surface area contributed by atoms with E-state index in [2.05, 4.69) is 9.44 Å². The van der Waals surface area contributed by atoms with E-state index in [0.29, 0.717) is 41.6 Å². The Hall–Kier alpha value is -3.22. The van der Waals surface area contributed by atoms with Crippen LogP contribution in [0.1, 0.15) is 30.1 Å². The lowest BCUT2D eigenvalue weighted by atomic mass is 10.2. The Bertz CT molecular complexity index is 1500. The van der Waals surface area contributed by atoms with Crippen LogP contribution in [-0.4, -0.2) is 53.6 Å². The average molecular weight is 576 g/mol. The van der Waals surface area contributed by atoms with Crippen molar-refractivity contribution < 1.29 is 26.4 Å². The number of amides is 1. The maximum Gasteiger partial charge on any atom is 0.261 e. The van der Waals surface area contributed by atoms with Crippen molar-refractivity contribution in [2.24, 2.45) is 0 Å². The molecule has 0 aromatic heterocycles. The average Bonchev–Trinajstić information content (AvgIpc) is 3.44. The third kappa shape index (κ3) is 6.43. The van der Waals surface area contributed by atoms with Gasteiger partial charge in [0.05, 0.1) is 22.0 Å². The quantitative estimate of drug-likeness (QED) is 0.338. The van der Waals surface area contributed by atoms with E-state index in [-0.39, 0.29) is 21.4 Å². The maximum atomic E-state index is 13.1. The number of hydrogen-bond donors (Lipinski definition) is 2. The van der Waals surface area contributed by atoms with Gasteiger partial charge in [-0.15, -0.1) is 11.8 Å². The molecule has 1 saturated heterocycles. The molecule has 38 heavy (non-hydrogen) atoms. The van der Waals surface area contributed by atoms with Crippen molar-refractivity contribution >= 4 is 49.1 Å². The Labute approximate surface area is 227 Å². The number of rotatable bonds is 10. The highest BCUT2D eigenvalue weighted by atomic mass is 32.2. The summed E-state index contributed by atoms with van der Waals surface area (Å²) in [4.78, 5) is 15.4. The molecule has 1 aliphatic rings. The molecule has 0 spiro atoms. The molecule has 1 amide bonds.